The normalized spacial score (nSPS) is 15.7. The van der Waals surface area contributed by atoms with Crippen LogP contribution in [0.15, 0.2) is 12.1 Å². The smallest absolute Gasteiger partial charge is 0.319 e. The van der Waals surface area contributed by atoms with E-state index in [0.29, 0.717) is 16.8 Å². The highest BCUT2D eigenvalue weighted by Gasteiger charge is 2.17. The van der Waals surface area contributed by atoms with Crippen molar-refractivity contribution in [2.75, 3.05) is 5.32 Å². The van der Waals surface area contributed by atoms with E-state index in [9.17, 15) is 4.79 Å². The molecular weight excluding hydrogens is 248 g/mol. The van der Waals surface area contributed by atoms with E-state index >= 15 is 0 Å². The summed E-state index contributed by atoms with van der Waals surface area (Å²) in [7, 11) is 0. The van der Waals surface area contributed by atoms with E-state index in [1.807, 2.05) is 26.0 Å². The molecule has 1 saturated carbocycles. The van der Waals surface area contributed by atoms with Gasteiger partial charge in [-0.15, -0.1) is 0 Å². The van der Waals surface area contributed by atoms with E-state index in [2.05, 4.69) is 10.6 Å². The van der Waals surface area contributed by atoms with Crippen molar-refractivity contribution < 1.29 is 4.79 Å². The molecular formula is C14H19ClN2O. The van der Waals surface area contributed by atoms with Crippen LogP contribution in [0.2, 0.25) is 5.02 Å². The first-order chi connectivity index (χ1) is 8.56. The number of halogens is 1. The quantitative estimate of drug-likeness (QED) is 0.834. The molecule has 0 radical (unpaired) electrons. The van der Waals surface area contributed by atoms with Crippen molar-refractivity contribution in [3.63, 3.8) is 0 Å². The van der Waals surface area contributed by atoms with Gasteiger partial charge in [-0.05, 0) is 43.9 Å². The topological polar surface area (TPSA) is 41.1 Å². The van der Waals surface area contributed by atoms with Crippen molar-refractivity contribution in [2.45, 2.75) is 45.6 Å². The van der Waals surface area contributed by atoms with Gasteiger partial charge in [-0.1, -0.05) is 30.5 Å². The van der Waals surface area contributed by atoms with Crippen molar-refractivity contribution in [3.05, 3.63) is 28.3 Å². The van der Waals surface area contributed by atoms with Crippen LogP contribution in [0.4, 0.5) is 10.5 Å². The molecule has 1 fully saturated rings. The fraction of sp³-hybridized carbons (Fsp3) is 0.500. The van der Waals surface area contributed by atoms with Crippen LogP contribution in [0.5, 0.6) is 0 Å². The molecule has 2 rings (SSSR count). The van der Waals surface area contributed by atoms with Crippen LogP contribution in [-0.4, -0.2) is 12.1 Å². The minimum absolute atomic E-state index is 0.157. The first kappa shape index (κ1) is 13.2. The second-order valence-corrected chi connectivity index (χ2v) is 5.43. The number of nitrogens with one attached hydrogen (secondary N) is 2. The molecule has 0 atom stereocenters. The molecule has 4 heteroatoms. The largest absolute Gasteiger partial charge is 0.335 e. The molecule has 0 aliphatic heterocycles. The molecule has 1 aliphatic carbocycles. The number of carbonyl (C=O) groups is 1. The van der Waals surface area contributed by atoms with Crippen molar-refractivity contribution in [2.24, 2.45) is 0 Å². The lowest BCUT2D eigenvalue weighted by Gasteiger charge is -2.15. The molecule has 0 saturated heterocycles. The minimum Gasteiger partial charge on any atom is -0.335 e. The zero-order valence-electron chi connectivity index (χ0n) is 10.8. The van der Waals surface area contributed by atoms with Crippen LogP contribution in [0.25, 0.3) is 0 Å². The third-order valence-electron chi connectivity index (χ3n) is 3.36. The SMILES string of the molecule is Cc1cc(C)c(NC(=O)NC2CCCC2)c(Cl)c1. The molecule has 1 aliphatic rings. The van der Waals surface area contributed by atoms with Crippen molar-refractivity contribution in [3.8, 4) is 0 Å². The van der Waals surface area contributed by atoms with E-state index in [1.165, 1.54) is 12.8 Å². The van der Waals surface area contributed by atoms with Gasteiger partial charge in [-0.3, -0.25) is 0 Å². The molecule has 0 bridgehead atoms. The number of aryl methyl sites for hydroxylation is 2. The fourth-order valence-electron chi connectivity index (χ4n) is 2.48. The maximum Gasteiger partial charge on any atom is 0.319 e. The van der Waals surface area contributed by atoms with Gasteiger partial charge in [0.05, 0.1) is 10.7 Å². The Kier molecular flexibility index (Phi) is 4.12. The van der Waals surface area contributed by atoms with E-state index in [0.717, 1.165) is 24.0 Å². The predicted molar refractivity (Wildman–Crippen MR) is 75.3 cm³/mol. The van der Waals surface area contributed by atoms with Gasteiger partial charge in [-0.2, -0.15) is 0 Å². The molecule has 1 aromatic rings. The van der Waals surface area contributed by atoms with E-state index in [1.54, 1.807) is 0 Å². The summed E-state index contributed by atoms with van der Waals surface area (Å²) in [4.78, 5) is 11.9. The number of anilines is 1. The summed E-state index contributed by atoms with van der Waals surface area (Å²) in [5.41, 5.74) is 2.79. The second kappa shape index (κ2) is 5.61. The van der Waals surface area contributed by atoms with Crippen molar-refractivity contribution >= 4 is 23.3 Å². The highest BCUT2D eigenvalue weighted by Crippen LogP contribution is 2.27. The molecule has 2 amide bonds. The van der Waals surface area contributed by atoms with Gasteiger partial charge in [0.15, 0.2) is 0 Å². The van der Waals surface area contributed by atoms with Gasteiger partial charge < -0.3 is 10.6 Å². The Morgan fingerprint density at radius 2 is 1.94 bits per heavy atom. The van der Waals surface area contributed by atoms with Crippen LogP contribution in [0, 0.1) is 13.8 Å². The number of urea groups is 1. The van der Waals surface area contributed by atoms with Crippen LogP contribution in [0.1, 0.15) is 36.8 Å². The molecule has 1 aromatic carbocycles. The number of rotatable bonds is 2. The summed E-state index contributed by atoms with van der Waals surface area (Å²) in [6.07, 6.45) is 4.56. The highest BCUT2D eigenvalue weighted by molar-refractivity contribution is 6.34. The molecule has 0 unspecified atom stereocenters. The zero-order valence-corrected chi connectivity index (χ0v) is 11.6. The summed E-state index contributed by atoms with van der Waals surface area (Å²) in [6, 6.07) is 4.03. The highest BCUT2D eigenvalue weighted by atomic mass is 35.5. The van der Waals surface area contributed by atoms with E-state index in [4.69, 9.17) is 11.6 Å². The Bertz CT molecular complexity index is 430. The van der Waals surface area contributed by atoms with Crippen LogP contribution in [0.3, 0.4) is 0 Å². The lowest BCUT2D eigenvalue weighted by atomic mass is 10.1. The molecule has 0 heterocycles. The van der Waals surface area contributed by atoms with Crippen LogP contribution in [-0.2, 0) is 0 Å². The Morgan fingerprint density at radius 3 is 2.56 bits per heavy atom. The van der Waals surface area contributed by atoms with E-state index < -0.39 is 0 Å². The van der Waals surface area contributed by atoms with Gasteiger partial charge >= 0.3 is 6.03 Å². The van der Waals surface area contributed by atoms with Gasteiger partial charge in [0.2, 0.25) is 0 Å². The minimum atomic E-state index is -0.157. The average molecular weight is 267 g/mol. The van der Waals surface area contributed by atoms with Gasteiger partial charge in [0.25, 0.3) is 0 Å². The first-order valence-electron chi connectivity index (χ1n) is 6.40. The fourth-order valence-corrected chi connectivity index (χ4v) is 2.85. The number of hydrogen-bond donors (Lipinski definition) is 2. The lowest BCUT2D eigenvalue weighted by Crippen LogP contribution is -2.36. The average Bonchev–Trinajstić information content (AvgIpc) is 2.76. The summed E-state index contributed by atoms with van der Waals surface area (Å²) in [6.45, 7) is 3.94. The summed E-state index contributed by atoms with van der Waals surface area (Å²) < 4.78 is 0. The molecule has 98 valence electrons. The number of hydrogen-bond acceptors (Lipinski definition) is 1. The van der Waals surface area contributed by atoms with Gasteiger partial charge in [0.1, 0.15) is 0 Å². The summed E-state index contributed by atoms with van der Waals surface area (Å²) in [5, 5.41) is 6.43. The molecule has 0 aromatic heterocycles. The standard InChI is InChI=1S/C14H19ClN2O/c1-9-7-10(2)13(12(15)8-9)17-14(18)16-11-5-3-4-6-11/h7-8,11H,3-6H2,1-2H3,(H2,16,17,18). The molecule has 3 nitrogen and oxygen atoms in total. The number of benzene rings is 1. The van der Waals surface area contributed by atoms with Gasteiger partial charge in [0, 0.05) is 6.04 Å². The zero-order chi connectivity index (χ0) is 13.1. The molecule has 2 N–H and O–H groups in total. The van der Waals surface area contributed by atoms with E-state index in [-0.39, 0.29) is 6.03 Å². The van der Waals surface area contributed by atoms with Crippen molar-refractivity contribution in [1.29, 1.82) is 0 Å². The Balaban J connectivity index is 2.02. The molecule has 0 spiro atoms. The Labute approximate surface area is 113 Å². The maximum atomic E-state index is 11.9. The predicted octanol–water partition coefficient (Wildman–Crippen LogP) is 4.02. The lowest BCUT2D eigenvalue weighted by molar-refractivity contribution is 0.248. The third kappa shape index (κ3) is 3.16. The second-order valence-electron chi connectivity index (χ2n) is 5.02. The third-order valence-corrected chi connectivity index (χ3v) is 3.66. The Morgan fingerprint density at radius 1 is 1.28 bits per heavy atom. The number of amides is 2. The summed E-state index contributed by atoms with van der Waals surface area (Å²) >= 11 is 6.15. The monoisotopic (exact) mass is 266 g/mol. The maximum absolute atomic E-state index is 11.9. The Hall–Kier alpha value is -1.22. The van der Waals surface area contributed by atoms with Gasteiger partial charge in [-0.25, -0.2) is 4.79 Å². The van der Waals surface area contributed by atoms with Crippen molar-refractivity contribution in [1.82, 2.24) is 5.32 Å². The number of carbonyl (C=O) groups excluding carboxylic acids is 1. The molecule has 18 heavy (non-hydrogen) atoms. The van der Waals surface area contributed by atoms with Crippen LogP contribution >= 0.6 is 11.6 Å². The summed E-state index contributed by atoms with van der Waals surface area (Å²) in [5.74, 6) is 0. The van der Waals surface area contributed by atoms with Crippen LogP contribution < -0.4 is 10.6 Å². The first-order valence-corrected chi connectivity index (χ1v) is 6.78.